The summed E-state index contributed by atoms with van der Waals surface area (Å²) < 4.78 is 5.43. The van der Waals surface area contributed by atoms with Gasteiger partial charge in [-0.05, 0) is 42.5 Å². The molecule has 146 valence electrons. The van der Waals surface area contributed by atoms with E-state index in [1.54, 1.807) is 36.4 Å². The number of rotatable bonds is 6. The van der Waals surface area contributed by atoms with Gasteiger partial charge in [0.05, 0.1) is 16.0 Å². The lowest BCUT2D eigenvalue weighted by Gasteiger charge is -2.16. The van der Waals surface area contributed by atoms with Crippen LogP contribution in [0.25, 0.3) is 0 Å². The number of hydrogen-bond acceptors (Lipinski definition) is 4. The lowest BCUT2D eigenvalue weighted by molar-refractivity contribution is -0.141. The number of halogens is 2. The molecule has 2 aromatic carbocycles. The number of carbonyl (C=O) groups excluding carboxylic acids is 2. The Kier molecular flexibility index (Phi) is 6.06. The number of ether oxygens (including phenoxy) is 1. The number of anilines is 2. The summed E-state index contributed by atoms with van der Waals surface area (Å²) in [5.41, 5.74) is 1.08. The molecule has 9 heteroatoms. The Bertz CT molecular complexity index is 917. The van der Waals surface area contributed by atoms with Gasteiger partial charge in [-0.15, -0.1) is 0 Å². The molecule has 1 heterocycles. The third-order valence-electron chi connectivity index (χ3n) is 4.20. The first-order valence-corrected chi connectivity index (χ1v) is 9.10. The van der Waals surface area contributed by atoms with Gasteiger partial charge >= 0.3 is 5.97 Å². The van der Waals surface area contributed by atoms with Gasteiger partial charge in [0.2, 0.25) is 5.91 Å². The standard InChI is InChI=1S/C19H16Cl2N2O5/c20-15-6-1-12(8-16(15)21)22-17(24)10-28-14-4-2-13(3-5-14)23-9-11(19(26)27)7-18(23)25/h1-6,8,11H,7,9-10H2,(H,22,24)(H,26,27)/t11-/m1/s1. The van der Waals surface area contributed by atoms with Crippen molar-refractivity contribution < 1.29 is 24.2 Å². The summed E-state index contributed by atoms with van der Waals surface area (Å²) >= 11 is 11.7. The van der Waals surface area contributed by atoms with Crippen molar-refractivity contribution in [1.82, 2.24) is 0 Å². The second kappa shape index (κ2) is 8.50. The fraction of sp³-hybridized carbons (Fsp3) is 0.211. The highest BCUT2D eigenvalue weighted by Crippen LogP contribution is 2.27. The first-order valence-electron chi connectivity index (χ1n) is 8.34. The highest BCUT2D eigenvalue weighted by Gasteiger charge is 2.34. The molecule has 3 rings (SSSR count). The van der Waals surface area contributed by atoms with Crippen LogP contribution in [0.15, 0.2) is 42.5 Å². The highest BCUT2D eigenvalue weighted by atomic mass is 35.5. The number of carboxylic acid groups (broad SMARTS) is 1. The molecule has 0 aliphatic carbocycles. The Labute approximate surface area is 170 Å². The number of carbonyl (C=O) groups is 3. The number of carboxylic acids is 1. The van der Waals surface area contributed by atoms with Crippen LogP contribution in [0.2, 0.25) is 10.0 Å². The van der Waals surface area contributed by atoms with Gasteiger partial charge in [-0.3, -0.25) is 14.4 Å². The van der Waals surface area contributed by atoms with Gasteiger partial charge in [0.15, 0.2) is 6.61 Å². The molecule has 2 amide bonds. The lowest BCUT2D eigenvalue weighted by atomic mass is 10.1. The SMILES string of the molecule is O=C(COc1ccc(N2C[C@H](C(=O)O)CC2=O)cc1)Nc1ccc(Cl)c(Cl)c1. The van der Waals surface area contributed by atoms with Crippen LogP contribution in [-0.4, -0.2) is 36.0 Å². The van der Waals surface area contributed by atoms with Crippen molar-refractivity contribution in [2.75, 3.05) is 23.4 Å². The summed E-state index contributed by atoms with van der Waals surface area (Å²) in [5.74, 6) is -1.85. The summed E-state index contributed by atoms with van der Waals surface area (Å²) in [6.07, 6.45) is -0.0114. The normalized spacial score (nSPS) is 16.1. The minimum absolute atomic E-state index is 0.0114. The number of benzene rings is 2. The summed E-state index contributed by atoms with van der Waals surface area (Å²) in [6.45, 7) is -0.0796. The molecule has 2 aromatic rings. The van der Waals surface area contributed by atoms with E-state index in [4.69, 9.17) is 33.0 Å². The van der Waals surface area contributed by atoms with Crippen molar-refractivity contribution >= 4 is 52.4 Å². The average Bonchev–Trinajstić information content (AvgIpc) is 3.06. The van der Waals surface area contributed by atoms with E-state index in [0.29, 0.717) is 27.2 Å². The van der Waals surface area contributed by atoms with Crippen LogP contribution in [0.3, 0.4) is 0 Å². The predicted molar refractivity (Wildman–Crippen MR) is 105 cm³/mol. The molecule has 0 bridgehead atoms. The third kappa shape index (κ3) is 4.74. The maximum atomic E-state index is 12.0. The van der Waals surface area contributed by atoms with E-state index in [9.17, 15) is 14.4 Å². The minimum atomic E-state index is -0.983. The molecule has 1 aliphatic heterocycles. The molecule has 1 saturated heterocycles. The van der Waals surface area contributed by atoms with Gasteiger partial charge in [0, 0.05) is 24.3 Å². The van der Waals surface area contributed by atoms with Crippen molar-refractivity contribution in [2.45, 2.75) is 6.42 Å². The maximum Gasteiger partial charge on any atom is 0.308 e. The van der Waals surface area contributed by atoms with Gasteiger partial charge in [-0.2, -0.15) is 0 Å². The topological polar surface area (TPSA) is 95.9 Å². The van der Waals surface area contributed by atoms with Crippen LogP contribution in [0.1, 0.15) is 6.42 Å². The zero-order chi connectivity index (χ0) is 20.3. The van der Waals surface area contributed by atoms with Gasteiger partial charge in [0.1, 0.15) is 5.75 Å². The number of amides is 2. The van der Waals surface area contributed by atoms with E-state index in [-0.39, 0.29) is 31.4 Å². The number of aliphatic carboxylic acids is 1. The van der Waals surface area contributed by atoms with Gasteiger partial charge in [0.25, 0.3) is 5.91 Å². The van der Waals surface area contributed by atoms with E-state index >= 15 is 0 Å². The molecule has 1 fully saturated rings. The van der Waals surface area contributed by atoms with Crippen LogP contribution in [0.5, 0.6) is 5.75 Å². The second-order valence-electron chi connectivity index (χ2n) is 6.20. The number of nitrogens with zero attached hydrogens (tertiary/aromatic N) is 1. The third-order valence-corrected chi connectivity index (χ3v) is 4.93. The van der Waals surface area contributed by atoms with E-state index in [1.165, 1.54) is 11.0 Å². The van der Waals surface area contributed by atoms with Crippen LogP contribution in [-0.2, 0) is 14.4 Å². The fourth-order valence-electron chi connectivity index (χ4n) is 2.76. The highest BCUT2D eigenvalue weighted by molar-refractivity contribution is 6.42. The van der Waals surface area contributed by atoms with Crippen molar-refractivity contribution in [3.8, 4) is 5.75 Å². The minimum Gasteiger partial charge on any atom is -0.484 e. The molecule has 0 saturated carbocycles. The first kappa shape index (κ1) is 20.0. The molecular formula is C19H16Cl2N2O5. The first-order chi connectivity index (χ1) is 13.3. The predicted octanol–water partition coefficient (Wildman–Crippen LogP) is 3.45. The fourth-order valence-corrected chi connectivity index (χ4v) is 3.06. The molecule has 2 N–H and O–H groups in total. The number of hydrogen-bond donors (Lipinski definition) is 2. The molecule has 28 heavy (non-hydrogen) atoms. The van der Waals surface area contributed by atoms with Gasteiger partial charge < -0.3 is 20.1 Å². The van der Waals surface area contributed by atoms with E-state index in [2.05, 4.69) is 5.32 Å². The smallest absolute Gasteiger partial charge is 0.308 e. The van der Waals surface area contributed by atoms with E-state index in [0.717, 1.165) is 0 Å². The average molecular weight is 423 g/mol. The lowest BCUT2D eigenvalue weighted by Crippen LogP contribution is -2.25. The van der Waals surface area contributed by atoms with E-state index in [1.807, 2.05) is 0 Å². The molecule has 0 radical (unpaired) electrons. The molecule has 0 unspecified atom stereocenters. The molecule has 0 spiro atoms. The van der Waals surface area contributed by atoms with E-state index < -0.39 is 11.9 Å². The zero-order valence-corrected chi connectivity index (χ0v) is 16.0. The molecule has 0 aromatic heterocycles. The molecule has 7 nitrogen and oxygen atoms in total. The zero-order valence-electron chi connectivity index (χ0n) is 14.5. The van der Waals surface area contributed by atoms with Crippen molar-refractivity contribution in [2.24, 2.45) is 5.92 Å². The van der Waals surface area contributed by atoms with Crippen LogP contribution < -0.4 is 15.0 Å². The summed E-state index contributed by atoms with van der Waals surface area (Å²) in [5, 5.41) is 12.4. The molecular weight excluding hydrogens is 407 g/mol. The van der Waals surface area contributed by atoms with Crippen LogP contribution in [0.4, 0.5) is 11.4 Å². The summed E-state index contributed by atoms with van der Waals surface area (Å²) in [4.78, 5) is 36.4. The molecule has 1 aliphatic rings. The molecule has 1 atom stereocenters. The van der Waals surface area contributed by atoms with Crippen molar-refractivity contribution in [3.63, 3.8) is 0 Å². The maximum absolute atomic E-state index is 12.0. The monoisotopic (exact) mass is 422 g/mol. The Morgan fingerprint density at radius 1 is 1.14 bits per heavy atom. The Hall–Kier alpha value is -2.77. The van der Waals surface area contributed by atoms with Gasteiger partial charge in [-0.25, -0.2) is 0 Å². The number of nitrogens with one attached hydrogen (secondary N) is 1. The van der Waals surface area contributed by atoms with Crippen LogP contribution in [0, 0.1) is 5.92 Å². The second-order valence-corrected chi connectivity index (χ2v) is 7.02. The quantitative estimate of drug-likeness (QED) is 0.742. The summed E-state index contributed by atoms with van der Waals surface area (Å²) in [7, 11) is 0. The Morgan fingerprint density at radius 3 is 2.46 bits per heavy atom. The van der Waals surface area contributed by atoms with Crippen LogP contribution >= 0.6 is 23.2 Å². The Morgan fingerprint density at radius 2 is 1.86 bits per heavy atom. The van der Waals surface area contributed by atoms with Gasteiger partial charge in [-0.1, -0.05) is 23.2 Å². The largest absolute Gasteiger partial charge is 0.484 e. The summed E-state index contributed by atoms with van der Waals surface area (Å²) in [6, 6.07) is 11.3. The van der Waals surface area contributed by atoms with Crippen molar-refractivity contribution in [1.29, 1.82) is 0 Å². The Balaban J connectivity index is 1.54. The van der Waals surface area contributed by atoms with Crippen molar-refractivity contribution in [3.05, 3.63) is 52.5 Å².